The summed E-state index contributed by atoms with van der Waals surface area (Å²) < 4.78 is 2.08. The van der Waals surface area contributed by atoms with E-state index >= 15 is 0 Å². The smallest absolute Gasteiger partial charge is 0.306 e. The molecule has 1 aliphatic rings. The molecule has 1 N–H and O–H groups in total. The number of hydrogen-bond donors (Lipinski definition) is 1. The Bertz CT molecular complexity index is 637. The standard InChI is InChI=1S/C15H15ClN2O2/c16-14-12-9-11(15(19)20)6-7-18(12)13(17-14)8-10-4-2-1-3-5-10/h1-5,11H,6-9H2,(H,19,20). The lowest BCUT2D eigenvalue weighted by Gasteiger charge is -2.22. The van der Waals surface area contributed by atoms with E-state index in [9.17, 15) is 4.79 Å². The Hall–Kier alpha value is -1.81. The number of imidazole rings is 1. The van der Waals surface area contributed by atoms with Crippen molar-refractivity contribution in [3.8, 4) is 0 Å². The molecule has 2 heterocycles. The second-order valence-corrected chi connectivity index (χ2v) is 5.47. The average molecular weight is 291 g/mol. The quantitative estimate of drug-likeness (QED) is 0.946. The molecule has 0 bridgehead atoms. The minimum Gasteiger partial charge on any atom is -0.481 e. The van der Waals surface area contributed by atoms with Crippen molar-refractivity contribution in [1.82, 2.24) is 9.55 Å². The van der Waals surface area contributed by atoms with Crippen LogP contribution in [0.1, 0.15) is 23.5 Å². The number of carboxylic acids is 1. The molecule has 1 atom stereocenters. The van der Waals surface area contributed by atoms with Crippen LogP contribution in [0.2, 0.25) is 5.15 Å². The second-order valence-electron chi connectivity index (χ2n) is 5.11. The van der Waals surface area contributed by atoms with E-state index in [2.05, 4.69) is 21.7 Å². The third kappa shape index (κ3) is 2.43. The first kappa shape index (κ1) is 13.2. The van der Waals surface area contributed by atoms with Gasteiger partial charge in [0.2, 0.25) is 0 Å². The normalized spacial score (nSPS) is 17.8. The van der Waals surface area contributed by atoms with Gasteiger partial charge in [-0.25, -0.2) is 4.98 Å². The first-order valence-electron chi connectivity index (χ1n) is 6.65. The van der Waals surface area contributed by atoms with E-state index in [-0.39, 0.29) is 5.92 Å². The second kappa shape index (κ2) is 5.29. The Morgan fingerprint density at radius 1 is 1.40 bits per heavy atom. The Morgan fingerprint density at radius 2 is 2.15 bits per heavy atom. The SMILES string of the molecule is O=C(O)C1CCn2c(Cc3ccccc3)nc(Cl)c2C1. The van der Waals surface area contributed by atoms with Gasteiger partial charge in [0, 0.05) is 19.4 Å². The monoisotopic (exact) mass is 290 g/mol. The van der Waals surface area contributed by atoms with Gasteiger partial charge < -0.3 is 9.67 Å². The fraction of sp³-hybridized carbons (Fsp3) is 0.333. The highest BCUT2D eigenvalue weighted by atomic mass is 35.5. The van der Waals surface area contributed by atoms with E-state index < -0.39 is 5.97 Å². The molecule has 4 nitrogen and oxygen atoms in total. The molecule has 0 spiro atoms. The molecule has 1 aliphatic heterocycles. The van der Waals surface area contributed by atoms with Crippen molar-refractivity contribution in [2.24, 2.45) is 5.92 Å². The molecule has 1 unspecified atom stereocenters. The van der Waals surface area contributed by atoms with Crippen molar-refractivity contribution in [1.29, 1.82) is 0 Å². The van der Waals surface area contributed by atoms with Crippen LogP contribution in [0, 0.1) is 5.92 Å². The average Bonchev–Trinajstić information content (AvgIpc) is 2.76. The van der Waals surface area contributed by atoms with Gasteiger partial charge in [0.25, 0.3) is 0 Å². The summed E-state index contributed by atoms with van der Waals surface area (Å²) in [5.41, 5.74) is 2.04. The third-order valence-corrected chi connectivity index (χ3v) is 4.10. The summed E-state index contributed by atoms with van der Waals surface area (Å²) in [6.45, 7) is 0.675. The van der Waals surface area contributed by atoms with Gasteiger partial charge in [-0.2, -0.15) is 0 Å². The lowest BCUT2D eigenvalue weighted by Crippen LogP contribution is -2.26. The maximum Gasteiger partial charge on any atom is 0.306 e. The predicted molar refractivity (Wildman–Crippen MR) is 75.9 cm³/mol. The first-order valence-corrected chi connectivity index (χ1v) is 7.03. The molecular weight excluding hydrogens is 276 g/mol. The van der Waals surface area contributed by atoms with Crippen molar-refractivity contribution < 1.29 is 9.90 Å². The molecular formula is C15H15ClN2O2. The van der Waals surface area contributed by atoms with Gasteiger partial charge in [-0.1, -0.05) is 41.9 Å². The molecule has 0 radical (unpaired) electrons. The highest BCUT2D eigenvalue weighted by molar-refractivity contribution is 6.30. The number of nitrogens with zero attached hydrogens (tertiary/aromatic N) is 2. The van der Waals surface area contributed by atoms with Crippen LogP contribution in [-0.4, -0.2) is 20.6 Å². The summed E-state index contributed by atoms with van der Waals surface area (Å²) >= 11 is 6.17. The summed E-state index contributed by atoms with van der Waals surface area (Å²) in [6, 6.07) is 10.1. The number of rotatable bonds is 3. The highest BCUT2D eigenvalue weighted by Crippen LogP contribution is 2.28. The number of aliphatic carboxylic acids is 1. The molecule has 0 amide bonds. The molecule has 0 aliphatic carbocycles. The van der Waals surface area contributed by atoms with Crippen LogP contribution in [0.5, 0.6) is 0 Å². The zero-order valence-electron chi connectivity index (χ0n) is 10.9. The van der Waals surface area contributed by atoms with Gasteiger partial charge in [-0.05, 0) is 12.0 Å². The molecule has 0 saturated carbocycles. The summed E-state index contributed by atoms with van der Waals surface area (Å²) in [6.07, 6.45) is 1.82. The topological polar surface area (TPSA) is 55.1 Å². The third-order valence-electron chi connectivity index (χ3n) is 3.80. The van der Waals surface area contributed by atoms with E-state index in [1.165, 1.54) is 5.56 Å². The fourth-order valence-electron chi connectivity index (χ4n) is 2.71. The van der Waals surface area contributed by atoms with Gasteiger partial charge in [-0.3, -0.25) is 4.79 Å². The zero-order valence-corrected chi connectivity index (χ0v) is 11.7. The highest BCUT2D eigenvalue weighted by Gasteiger charge is 2.28. The van der Waals surface area contributed by atoms with E-state index in [1.807, 2.05) is 18.2 Å². The summed E-state index contributed by atoms with van der Waals surface area (Å²) in [7, 11) is 0. The van der Waals surface area contributed by atoms with Gasteiger partial charge in [0.1, 0.15) is 5.82 Å². The predicted octanol–water partition coefficient (Wildman–Crippen LogP) is 2.77. The Balaban J connectivity index is 1.89. The maximum absolute atomic E-state index is 11.1. The molecule has 20 heavy (non-hydrogen) atoms. The van der Waals surface area contributed by atoms with Gasteiger partial charge in [0.15, 0.2) is 5.15 Å². The lowest BCUT2D eigenvalue weighted by atomic mass is 9.96. The van der Waals surface area contributed by atoms with E-state index in [0.29, 0.717) is 24.5 Å². The van der Waals surface area contributed by atoms with Gasteiger partial charge in [-0.15, -0.1) is 0 Å². The summed E-state index contributed by atoms with van der Waals surface area (Å²) in [5.74, 6) is -0.181. The number of aromatic nitrogens is 2. The van der Waals surface area contributed by atoms with Crippen LogP contribution < -0.4 is 0 Å². The summed E-state index contributed by atoms with van der Waals surface area (Å²) in [4.78, 5) is 15.5. The Labute approximate surface area is 122 Å². The Kier molecular flexibility index (Phi) is 3.49. The van der Waals surface area contributed by atoms with Crippen LogP contribution in [0.3, 0.4) is 0 Å². The van der Waals surface area contributed by atoms with Crippen LogP contribution in [0.15, 0.2) is 30.3 Å². The van der Waals surface area contributed by atoms with E-state index in [0.717, 1.165) is 17.9 Å². The fourth-order valence-corrected chi connectivity index (χ4v) is 2.99. The van der Waals surface area contributed by atoms with Crippen LogP contribution in [0.4, 0.5) is 0 Å². The van der Waals surface area contributed by atoms with Crippen LogP contribution in [0.25, 0.3) is 0 Å². The largest absolute Gasteiger partial charge is 0.481 e. The molecule has 5 heteroatoms. The van der Waals surface area contributed by atoms with Crippen molar-refractivity contribution in [3.63, 3.8) is 0 Å². The minimum absolute atomic E-state index is 0.346. The Morgan fingerprint density at radius 3 is 2.85 bits per heavy atom. The van der Waals surface area contributed by atoms with Crippen molar-refractivity contribution in [2.75, 3.05) is 0 Å². The maximum atomic E-state index is 11.1. The number of halogens is 1. The molecule has 3 rings (SSSR count). The molecule has 0 fully saturated rings. The number of hydrogen-bond acceptors (Lipinski definition) is 2. The van der Waals surface area contributed by atoms with Crippen LogP contribution >= 0.6 is 11.6 Å². The van der Waals surface area contributed by atoms with Crippen molar-refractivity contribution >= 4 is 17.6 Å². The minimum atomic E-state index is -0.752. The van der Waals surface area contributed by atoms with Crippen LogP contribution in [-0.2, 0) is 24.2 Å². The van der Waals surface area contributed by atoms with E-state index in [4.69, 9.17) is 16.7 Å². The lowest BCUT2D eigenvalue weighted by molar-refractivity contribution is -0.142. The zero-order chi connectivity index (χ0) is 14.1. The number of benzene rings is 1. The number of fused-ring (bicyclic) bond motifs is 1. The van der Waals surface area contributed by atoms with E-state index in [1.54, 1.807) is 0 Å². The van der Waals surface area contributed by atoms with Crippen molar-refractivity contribution in [2.45, 2.75) is 25.8 Å². The molecule has 0 saturated heterocycles. The summed E-state index contributed by atoms with van der Waals surface area (Å²) in [5, 5.41) is 9.57. The first-order chi connectivity index (χ1) is 9.65. The van der Waals surface area contributed by atoms with Gasteiger partial charge in [0.05, 0.1) is 11.6 Å². The number of carboxylic acid groups (broad SMARTS) is 1. The van der Waals surface area contributed by atoms with Gasteiger partial charge >= 0.3 is 5.97 Å². The molecule has 104 valence electrons. The molecule has 1 aromatic heterocycles. The number of carbonyl (C=O) groups is 1. The molecule has 2 aromatic rings. The van der Waals surface area contributed by atoms with Crippen molar-refractivity contribution in [3.05, 3.63) is 52.6 Å². The molecule has 1 aromatic carbocycles.